The molecule has 1 aliphatic rings. The van der Waals surface area contributed by atoms with Crippen molar-refractivity contribution in [1.29, 1.82) is 0 Å². The zero-order valence-electron chi connectivity index (χ0n) is 18.9. The standard InChI is InChI=1S/C24H28N2O6/c1-6-31-23(27)20-21(15-7-10-17(29-4)11-8-15)25-24(28)26-22(20)16-9-12-18(32-14(2)3)19(13-16)30-5/h7-14,22H,6H2,1-5H3,(H2,25,26,28). The highest BCUT2D eigenvalue weighted by molar-refractivity contribution is 6.04. The van der Waals surface area contributed by atoms with Crippen LogP contribution in [0, 0.1) is 0 Å². The summed E-state index contributed by atoms with van der Waals surface area (Å²) in [5.74, 6) is 1.20. The Bertz CT molecular complexity index is 1010. The summed E-state index contributed by atoms with van der Waals surface area (Å²) in [5, 5.41) is 5.58. The SMILES string of the molecule is CCOC(=O)C1=C(c2ccc(OC)cc2)NC(=O)NC1c1ccc(OC(C)C)c(OC)c1. The molecule has 0 saturated carbocycles. The van der Waals surface area contributed by atoms with Crippen molar-refractivity contribution in [3.8, 4) is 17.2 Å². The van der Waals surface area contributed by atoms with E-state index in [1.165, 1.54) is 7.11 Å². The first-order valence-electron chi connectivity index (χ1n) is 10.4. The van der Waals surface area contributed by atoms with Gasteiger partial charge in [-0.05, 0) is 68.3 Å². The van der Waals surface area contributed by atoms with Crippen molar-refractivity contribution in [3.63, 3.8) is 0 Å². The second-order valence-corrected chi connectivity index (χ2v) is 7.35. The monoisotopic (exact) mass is 440 g/mol. The average Bonchev–Trinajstić information content (AvgIpc) is 2.78. The number of hydrogen-bond acceptors (Lipinski definition) is 6. The minimum Gasteiger partial charge on any atom is -0.497 e. The van der Waals surface area contributed by atoms with Crippen molar-refractivity contribution >= 4 is 17.7 Å². The van der Waals surface area contributed by atoms with E-state index in [0.29, 0.717) is 34.1 Å². The van der Waals surface area contributed by atoms with Crippen molar-refractivity contribution in [3.05, 3.63) is 59.2 Å². The van der Waals surface area contributed by atoms with E-state index in [4.69, 9.17) is 18.9 Å². The molecule has 1 aliphatic heterocycles. The van der Waals surface area contributed by atoms with Crippen LogP contribution in [0.25, 0.3) is 5.70 Å². The van der Waals surface area contributed by atoms with E-state index in [-0.39, 0.29) is 18.3 Å². The molecular formula is C24H28N2O6. The van der Waals surface area contributed by atoms with Crippen molar-refractivity contribution in [2.45, 2.75) is 32.9 Å². The fraction of sp³-hybridized carbons (Fsp3) is 0.333. The molecule has 0 fully saturated rings. The van der Waals surface area contributed by atoms with Crippen LogP contribution in [0.5, 0.6) is 17.2 Å². The predicted molar refractivity (Wildman–Crippen MR) is 120 cm³/mol. The number of amides is 2. The normalized spacial score (nSPS) is 15.7. The maximum atomic E-state index is 13.0. The molecule has 170 valence electrons. The quantitative estimate of drug-likeness (QED) is 0.606. The Balaban J connectivity index is 2.13. The Morgan fingerprint density at radius 2 is 1.75 bits per heavy atom. The fourth-order valence-corrected chi connectivity index (χ4v) is 3.44. The number of nitrogens with one attached hydrogen (secondary N) is 2. The van der Waals surface area contributed by atoms with Gasteiger partial charge >= 0.3 is 12.0 Å². The molecule has 8 nitrogen and oxygen atoms in total. The molecule has 2 aromatic rings. The van der Waals surface area contributed by atoms with E-state index >= 15 is 0 Å². The van der Waals surface area contributed by atoms with Crippen molar-refractivity contribution in [1.82, 2.24) is 10.6 Å². The van der Waals surface area contributed by atoms with Gasteiger partial charge in [0.25, 0.3) is 0 Å². The molecule has 1 atom stereocenters. The van der Waals surface area contributed by atoms with Gasteiger partial charge in [-0.1, -0.05) is 6.07 Å². The number of ether oxygens (including phenoxy) is 4. The number of carbonyl (C=O) groups is 2. The minimum atomic E-state index is -0.748. The number of urea groups is 1. The Morgan fingerprint density at radius 1 is 1.03 bits per heavy atom. The molecule has 8 heteroatoms. The van der Waals surface area contributed by atoms with Crippen molar-refractivity contribution < 1.29 is 28.5 Å². The Hall–Kier alpha value is -3.68. The van der Waals surface area contributed by atoms with Crippen LogP contribution in [0.4, 0.5) is 4.79 Å². The topological polar surface area (TPSA) is 95.1 Å². The molecular weight excluding hydrogens is 412 g/mol. The molecule has 1 heterocycles. The van der Waals surface area contributed by atoms with Gasteiger partial charge in [0.1, 0.15) is 5.75 Å². The molecule has 0 saturated heterocycles. The Morgan fingerprint density at radius 3 is 2.34 bits per heavy atom. The largest absolute Gasteiger partial charge is 0.497 e. The van der Waals surface area contributed by atoms with Crippen LogP contribution in [0.3, 0.4) is 0 Å². The van der Waals surface area contributed by atoms with E-state index in [1.807, 2.05) is 13.8 Å². The van der Waals surface area contributed by atoms with Crippen LogP contribution < -0.4 is 24.8 Å². The van der Waals surface area contributed by atoms with E-state index in [9.17, 15) is 9.59 Å². The van der Waals surface area contributed by atoms with Crippen molar-refractivity contribution in [2.24, 2.45) is 0 Å². The van der Waals surface area contributed by atoms with Crippen LogP contribution in [-0.4, -0.2) is 38.9 Å². The Kier molecular flexibility index (Phi) is 7.25. The highest BCUT2D eigenvalue weighted by Crippen LogP contribution is 2.37. The van der Waals surface area contributed by atoms with Gasteiger partial charge in [-0.25, -0.2) is 9.59 Å². The molecule has 3 rings (SSSR count). The number of rotatable bonds is 8. The molecule has 0 spiro atoms. The first-order chi connectivity index (χ1) is 15.4. The first kappa shape index (κ1) is 23.0. The van der Waals surface area contributed by atoms with Gasteiger partial charge < -0.3 is 29.6 Å². The lowest BCUT2D eigenvalue weighted by Crippen LogP contribution is -2.45. The molecule has 0 radical (unpaired) electrons. The van der Waals surface area contributed by atoms with Crippen LogP contribution in [-0.2, 0) is 9.53 Å². The summed E-state index contributed by atoms with van der Waals surface area (Å²) < 4.78 is 21.8. The molecule has 2 amide bonds. The third-order valence-electron chi connectivity index (χ3n) is 4.83. The van der Waals surface area contributed by atoms with E-state index in [1.54, 1.807) is 56.5 Å². The smallest absolute Gasteiger partial charge is 0.338 e. The van der Waals surface area contributed by atoms with Crippen LogP contribution in [0.1, 0.15) is 37.9 Å². The van der Waals surface area contributed by atoms with Crippen LogP contribution in [0.2, 0.25) is 0 Å². The minimum absolute atomic E-state index is 0.0370. The molecule has 0 aromatic heterocycles. The zero-order valence-corrected chi connectivity index (χ0v) is 18.9. The summed E-state index contributed by atoms with van der Waals surface area (Å²) in [7, 11) is 3.11. The maximum Gasteiger partial charge on any atom is 0.338 e. The van der Waals surface area contributed by atoms with Gasteiger partial charge in [-0.3, -0.25) is 0 Å². The van der Waals surface area contributed by atoms with Crippen LogP contribution in [0.15, 0.2) is 48.0 Å². The van der Waals surface area contributed by atoms with Gasteiger partial charge in [0.15, 0.2) is 11.5 Å². The predicted octanol–water partition coefficient (Wildman–Crippen LogP) is 3.82. The van der Waals surface area contributed by atoms with Crippen molar-refractivity contribution in [2.75, 3.05) is 20.8 Å². The van der Waals surface area contributed by atoms with Gasteiger partial charge in [0.2, 0.25) is 0 Å². The highest BCUT2D eigenvalue weighted by atomic mass is 16.5. The maximum absolute atomic E-state index is 13.0. The number of methoxy groups -OCH3 is 2. The lowest BCUT2D eigenvalue weighted by atomic mass is 9.92. The summed E-state index contributed by atoms with van der Waals surface area (Å²) in [6.07, 6.45) is -0.0370. The lowest BCUT2D eigenvalue weighted by Gasteiger charge is -2.30. The summed E-state index contributed by atoms with van der Waals surface area (Å²) in [5.41, 5.74) is 1.97. The molecule has 2 aromatic carbocycles. The second kappa shape index (κ2) is 10.1. The average molecular weight is 440 g/mol. The van der Waals surface area contributed by atoms with Gasteiger partial charge in [-0.15, -0.1) is 0 Å². The fourth-order valence-electron chi connectivity index (χ4n) is 3.44. The van der Waals surface area contributed by atoms with Gasteiger partial charge in [0, 0.05) is 0 Å². The lowest BCUT2D eigenvalue weighted by molar-refractivity contribution is -0.138. The van der Waals surface area contributed by atoms with Gasteiger partial charge in [0.05, 0.1) is 44.2 Å². The number of benzene rings is 2. The third kappa shape index (κ3) is 4.96. The molecule has 0 bridgehead atoms. The molecule has 2 N–H and O–H groups in total. The van der Waals surface area contributed by atoms with E-state index in [0.717, 1.165) is 0 Å². The summed E-state index contributed by atoms with van der Waals surface area (Å²) >= 11 is 0. The summed E-state index contributed by atoms with van der Waals surface area (Å²) in [6.45, 7) is 5.77. The third-order valence-corrected chi connectivity index (χ3v) is 4.83. The second-order valence-electron chi connectivity index (χ2n) is 7.35. The molecule has 1 unspecified atom stereocenters. The number of esters is 1. The first-order valence-corrected chi connectivity index (χ1v) is 10.4. The summed E-state index contributed by atoms with van der Waals surface area (Å²) in [4.78, 5) is 25.6. The summed E-state index contributed by atoms with van der Waals surface area (Å²) in [6, 6.07) is 11.2. The zero-order chi connectivity index (χ0) is 23.3. The molecule has 32 heavy (non-hydrogen) atoms. The van der Waals surface area contributed by atoms with Crippen LogP contribution >= 0.6 is 0 Å². The number of hydrogen-bond donors (Lipinski definition) is 2. The van der Waals surface area contributed by atoms with E-state index < -0.39 is 18.0 Å². The number of carbonyl (C=O) groups excluding carboxylic acids is 2. The van der Waals surface area contributed by atoms with E-state index in [2.05, 4.69) is 10.6 Å². The highest BCUT2D eigenvalue weighted by Gasteiger charge is 2.35. The van der Waals surface area contributed by atoms with Gasteiger partial charge in [-0.2, -0.15) is 0 Å². The molecule has 0 aliphatic carbocycles. The Labute approximate surface area is 187 Å².